The number of anilines is 2. The van der Waals surface area contributed by atoms with Crippen LogP contribution in [-0.2, 0) is 17.8 Å². The highest BCUT2D eigenvalue weighted by Crippen LogP contribution is 2.22. The third kappa shape index (κ3) is 6.66. The smallest absolute Gasteiger partial charge is 0.238 e. The van der Waals surface area contributed by atoms with Crippen molar-refractivity contribution in [1.82, 2.24) is 4.90 Å². The molecule has 0 spiro atoms. The van der Waals surface area contributed by atoms with Gasteiger partial charge in [-0.3, -0.25) is 9.69 Å². The van der Waals surface area contributed by atoms with Gasteiger partial charge in [-0.05, 0) is 79.7 Å². The summed E-state index contributed by atoms with van der Waals surface area (Å²) in [4.78, 5) is 14.8. The number of benzene rings is 3. The molecule has 2 N–H and O–H groups in total. The maximum Gasteiger partial charge on any atom is 0.238 e. The Bertz CT molecular complexity index is 999. The first-order valence-corrected chi connectivity index (χ1v) is 11.3. The van der Waals surface area contributed by atoms with E-state index in [0.29, 0.717) is 12.5 Å². The fraction of sp³-hybridized carbons (Fsp3) is 0.296. The summed E-state index contributed by atoms with van der Waals surface area (Å²) in [5.74, 6) is 0.418. The number of rotatable bonds is 8. The molecular formula is C27H30FN3O. The molecule has 0 aliphatic carbocycles. The second kappa shape index (κ2) is 10.9. The van der Waals surface area contributed by atoms with Crippen molar-refractivity contribution < 1.29 is 9.18 Å². The van der Waals surface area contributed by atoms with Crippen LogP contribution in [0.2, 0.25) is 0 Å². The fourth-order valence-corrected chi connectivity index (χ4v) is 4.21. The lowest BCUT2D eigenvalue weighted by Gasteiger charge is -2.31. The topological polar surface area (TPSA) is 44.4 Å². The third-order valence-electron chi connectivity index (χ3n) is 6.00. The Morgan fingerprint density at radius 1 is 0.875 bits per heavy atom. The van der Waals surface area contributed by atoms with Crippen molar-refractivity contribution in [2.45, 2.75) is 25.8 Å². The molecule has 1 amide bonds. The van der Waals surface area contributed by atoms with Gasteiger partial charge in [0.2, 0.25) is 5.91 Å². The normalized spacial score (nSPS) is 14.8. The molecule has 0 unspecified atom stereocenters. The molecule has 4 rings (SSSR count). The Morgan fingerprint density at radius 2 is 1.59 bits per heavy atom. The molecule has 166 valence electrons. The number of likely N-dealkylation sites (tertiary alicyclic amines) is 1. The van der Waals surface area contributed by atoms with Gasteiger partial charge in [0.05, 0.1) is 6.54 Å². The molecule has 0 bridgehead atoms. The molecule has 1 aliphatic rings. The van der Waals surface area contributed by atoms with E-state index >= 15 is 0 Å². The lowest BCUT2D eigenvalue weighted by Crippen LogP contribution is -2.39. The van der Waals surface area contributed by atoms with Crippen molar-refractivity contribution >= 4 is 17.3 Å². The van der Waals surface area contributed by atoms with Crippen LogP contribution in [0.25, 0.3) is 0 Å². The molecular weight excluding hydrogens is 401 g/mol. The summed E-state index contributed by atoms with van der Waals surface area (Å²) >= 11 is 0. The summed E-state index contributed by atoms with van der Waals surface area (Å²) in [6.45, 7) is 2.98. The second-order valence-corrected chi connectivity index (χ2v) is 8.52. The molecule has 1 aliphatic heterocycles. The van der Waals surface area contributed by atoms with Crippen LogP contribution >= 0.6 is 0 Å². The van der Waals surface area contributed by atoms with E-state index in [1.807, 2.05) is 54.6 Å². The van der Waals surface area contributed by atoms with E-state index < -0.39 is 0 Å². The van der Waals surface area contributed by atoms with Crippen LogP contribution in [0.3, 0.4) is 0 Å². The Balaban J connectivity index is 1.21. The number of carbonyl (C=O) groups is 1. The van der Waals surface area contributed by atoms with Gasteiger partial charge < -0.3 is 10.6 Å². The first-order chi connectivity index (χ1) is 15.6. The monoisotopic (exact) mass is 431 g/mol. The van der Waals surface area contributed by atoms with Gasteiger partial charge >= 0.3 is 0 Å². The summed E-state index contributed by atoms with van der Waals surface area (Å²) in [5.41, 5.74) is 4.18. The Morgan fingerprint density at radius 3 is 2.34 bits per heavy atom. The van der Waals surface area contributed by atoms with Gasteiger partial charge in [0.15, 0.2) is 0 Å². The summed E-state index contributed by atoms with van der Waals surface area (Å²) in [5, 5.41) is 6.43. The first-order valence-electron chi connectivity index (χ1n) is 11.3. The number of nitrogens with one attached hydrogen (secondary N) is 2. The van der Waals surface area contributed by atoms with Crippen LogP contribution < -0.4 is 10.6 Å². The molecule has 4 nitrogen and oxygen atoms in total. The molecule has 0 aromatic heterocycles. The molecule has 1 saturated heterocycles. The van der Waals surface area contributed by atoms with E-state index in [4.69, 9.17) is 0 Å². The van der Waals surface area contributed by atoms with Crippen molar-refractivity contribution in [1.29, 1.82) is 0 Å². The fourth-order valence-electron chi connectivity index (χ4n) is 4.21. The lowest BCUT2D eigenvalue weighted by molar-refractivity contribution is -0.117. The average molecular weight is 432 g/mol. The van der Waals surface area contributed by atoms with Crippen molar-refractivity contribution in [2.24, 2.45) is 5.92 Å². The molecule has 0 radical (unpaired) electrons. The zero-order valence-electron chi connectivity index (χ0n) is 18.3. The number of nitrogens with zero attached hydrogens (tertiary/aromatic N) is 1. The van der Waals surface area contributed by atoms with Crippen molar-refractivity contribution in [3.8, 4) is 0 Å². The summed E-state index contributed by atoms with van der Waals surface area (Å²) in [7, 11) is 0. The molecule has 3 aromatic carbocycles. The highest BCUT2D eigenvalue weighted by Gasteiger charge is 2.21. The number of piperidine rings is 1. The summed E-state index contributed by atoms with van der Waals surface area (Å²) < 4.78 is 13.1. The summed E-state index contributed by atoms with van der Waals surface area (Å²) in [6.07, 6.45) is 3.09. The van der Waals surface area contributed by atoms with Gasteiger partial charge in [-0.2, -0.15) is 0 Å². The van der Waals surface area contributed by atoms with Gasteiger partial charge in [0.25, 0.3) is 0 Å². The third-order valence-corrected chi connectivity index (χ3v) is 6.00. The lowest BCUT2D eigenvalue weighted by atomic mass is 9.90. The number of halogens is 1. The Kier molecular flexibility index (Phi) is 7.51. The van der Waals surface area contributed by atoms with Gasteiger partial charge in [-0.25, -0.2) is 4.39 Å². The number of hydrogen-bond acceptors (Lipinski definition) is 3. The molecule has 0 saturated carbocycles. The van der Waals surface area contributed by atoms with Crippen LogP contribution in [0, 0.1) is 11.7 Å². The van der Waals surface area contributed by atoms with E-state index in [1.165, 1.54) is 23.3 Å². The maximum atomic E-state index is 13.1. The number of amides is 1. The van der Waals surface area contributed by atoms with Gasteiger partial charge in [0.1, 0.15) is 5.82 Å². The van der Waals surface area contributed by atoms with Gasteiger partial charge in [0, 0.05) is 17.9 Å². The molecule has 1 fully saturated rings. The van der Waals surface area contributed by atoms with Crippen LogP contribution in [0.1, 0.15) is 24.0 Å². The zero-order chi connectivity index (χ0) is 22.2. The zero-order valence-corrected chi connectivity index (χ0v) is 18.3. The quantitative estimate of drug-likeness (QED) is 0.507. The SMILES string of the molecule is O=C(CN1CCC(Cc2ccc(F)cc2)CC1)Nc1cccc(NCc2ccccc2)c1. The van der Waals surface area contributed by atoms with Crippen LogP contribution in [0.5, 0.6) is 0 Å². The summed E-state index contributed by atoms with van der Waals surface area (Å²) in [6, 6.07) is 24.9. The van der Waals surface area contributed by atoms with E-state index in [-0.39, 0.29) is 11.7 Å². The van der Waals surface area contributed by atoms with E-state index in [2.05, 4.69) is 27.7 Å². The predicted octanol–water partition coefficient (Wildman–Crippen LogP) is 5.33. The first kappa shape index (κ1) is 22.0. The standard InChI is InChI=1S/C27H30FN3O/c28-24-11-9-21(10-12-24)17-22-13-15-31(16-14-22)20-27(32)30-26-8-4-7-25(18-26)29-19-23-5-2-1-3-6-23/h1-12,18,22,29H,13-17,19-20H2,(H,30,32). The van der Waals surface area contributed by atoms with Crippen molar-refractivity contribution in [2.75, 3.05) is 30.3 Å². The van der Waals surface area contributed by atoms with E-state index in [0.717, 1.165) is 50.3 Å². The number of hydrogen-bond donors (Lipinski definition) is 2. The minimum atomic E-state index is -0.188. The van der Waals surface area contributed by atoms with Crippen LogP contribution in [0.15, 0.2) is 78.9 Å². The molecule has 3 aromatic rings. The van der Waals surface area contributed by atoms with Crippen LogP contribution in [0.4, 0.5) is 15.8 Å². The maximum absolute atomic E-state index is 13.1. The van der Waals surface area contributed by atoms with E-state index in [1.54, 1.807) is 0 Å². The number of carbonyl (C=O) groups excluding carboxylic acids is 1. The largest absolute Gasteiger partial charge is 0.381 e. The predicted molar refractivity (Wildman–Crippen MR) is 128 cm³/mol. The van der Waals surface area contributed by atoms with E-state index in [9.17, 15) is 9.18 Å². The van der Waals surface area contributed by atoms with Crippen LogP contribution in [-0.4, -0.2) is 30.4 Å². The second-order valence-electron chi connectivity index (χ2n) is 8.52. The molecule has 0 atom stereocenters. The van der Waals surface area contributed by atoms with Gasteiger partial charge in [-0.15, -0.1) is 0 Å². The highest BCUT2D eigenvalue weighted by atomic mass is 19.1. The molecule has 1 heterocycles. The average Bonchev–Trinajstić information content (AvgIpc) is 2.81. The Hall–Kier alpha value is -3.18. The Labute approximate surface area is 189 Å². The molecule has 32 heavy (non-hydrogen) atoms. The molecule has 5 heteroatoms. The van der Waals surface area contributed by atoms with Crippen molar-refractivity contribution in [3.05, 3.63) is 95.8 Å². The highest BCUT2D eigenvalue weighted by molar-refractivity contribution is 5.92. The van der Waals surface area contributed by atoms with Crippen molar-refractivity contribution in [3.63, 3.8) is 0 Å². The van der Waals surface area contributed by atoms with Gasteiger partial charge in [-0.1, -0.05) is 48.5 Å². The minimum Gasteiger partial charge on any atom is -0.381 e. The minimum absolute atomic E-state index is 0.0159.